The highest BCUT2D eigenvalue weighted by Gasteiger charge is 2.34. The summed E-state index contributed by atoms with van der Waals surface area (Å²) in [4.78, 5) is 29.9. The van der Waals surface area contributed by atoms with Crippen LogP contribution in [0.5, 0.6) is 5.75 Å². The fourth-order valence-corrected chi connectivity index (χ4v) is 5.32. The summed E-state index contributed by atoms with van der Waals surface area (Å²) in [6.07, 6.45) is 1.55. The number of ether oxygens (including phenoxy) is 2. The Balaban J connectivity index is 1.64. The number of hydrogen-bond acceptors (Lipinski definition) is 6. The van der Waals surface area contributed by atoms with Gasteiger partial charge in [-0.2, -0.15) is 0 Å². The number of carbonyl (C=O) groups is 2. The van der Waals surface area contributed by atoms with Crippen molar-refractivity contribution in [1.29, 1.82) is 0 Å². The Kier molecular flexibility index (Phi) is 9.12. The molecule has 1 heterocycles. The molecule has 0 spiro atoms. The van der Waals surface area contributed by atoms with Crippen LogP contribution in [0.25, 0.3) is 6.08 Å². The fraction of sp³-hybridized carbons (Fsp3) is 0.138. The van der Waals surface area contributed by atoms with E-state index in [1.807, 2.05) is 0 Å². The molecule has 0 saturated heterocycles. The number of aliphatic imine (C=N–C) groups is 1. The molecule has 0 atom stereocenters. The molecule has 200 valence electrons. The second-order valence-corrected chi connectivity index (χ2v) is 10.2. The SMILES string of the molecule is CCOC(=O)C1=C(O)/C(=C/c2cc(Cl)c(OCc3cccc(F)c3)c(Cl)c2)SC1=NC(=O)c1ccccc1C. The minimum absolute atomic E-state index is 0.0118. The Morgan fingerprint density at radius 3 is 2.46 bits per heavy atom. The van der Waals surface area contributed by atoms with Crippen molar-refractivity contribution < 1.29 is 28.6 Å². The Morgan fingerprint density at radius 2 is 1.79 bits per heavy atom. The van der Waals surface area contributed by atoms with Gasteiger partial charge < -0.3 is 14.6 Å². The van der Waals surface area contributed by atoms with E-state index in [0.29, 0.717) is 16.7 Å². The molecule has 10 heteroatoms. The maximum atomic E-state index is 13.5. The van der Waals surface area contributed by atoms with Crippen molar-refractivity contribution in [2.24, 2.45) is 4.99 Å². The number of halogens is 3. The second-order valence-electron chi connectivity index (χ2n) is 8.32. The molecule has 0 radical (unpaired) electrons. The van der Waals surface area contributed by atoms with Gasteiger partial charge >= 0.3 is 5.97 Å². The molecule has 0 unspecified atom stereocenters. The van der Waals surface area contributed by atoms with Crippen LogP contribution < -0.4 is 4.74 Å². The smallest absolute Gasteiger partial charge is 0.344 e. The number of rotatable bonds is 7. The Labute approximate surface area is 238 Å². The normalized spacial score (nSPS) is 15.2. The van der Waals surface area contributed by atoms with Gasteiger partial charge in [-0.15, -0.1) is 0 Å². The zero-order chi connectivity index (χ0) is 28.1. The number of thioether (sulfide) groups is 1. The third-order valence-corrected chi connectivity index (χ3v) is 7.12. The topological polar surface area (TPSA) is 85.2 Å². The Morgan fingerprint density at radius 1 is 1.08 bits per heavy atom. The molecule has 0 fully saturated rings. The van der Waals surface area contributed by atoms with E-state index in [1.54, 1.807) is 68.5 Å². The van der Waals surface area contributed by atoms with Gasteiger partial charge in [-0.3, -0.25) is 4.79 Å². The number of carbonyl (C=O) groups excluding carboxylic acids is 2. The van der Waals surface area contributed by atoms with Gasteiger partial charge in [0.25, 0.3) is 5.91 Å². The number of esters is 1. The zero-order valence-electron chi connectivity index (χ0n) is 20.8. The monoisotopic (exact) mass is 585 g/mol. The molecule has 3 aromatic carbocycles. The minimum Gasteiger partial charge on any atom is -0.506 e. The lowest BCUT2D eigenvalue weighted by molar-refractivity contribution is -0.138. The van der Waals surface area contributed by atoms with E-state index in [-0.39, 0.29) is 56.1 Å². The molecule has 0 aromatic heterocycles. The average Bonchev–Trinajstić information content (AvgIpc) is 3.18. The summed E-state index contributed by atoms with van der Waals surface area (Å²) in [5, 5.41) is 11.3. The number of hydrogen-bond donors (Lipinski definition) is 1. The number of nitrogens with zero attached hydrogens (tertiary/aromatic N) is 1. The van der Waals surface area contributed by atoms with Gasteiger partial charge in [0.15, 0.2) is 5.75 Å². The van der Waals surface area contributed by atoms with Crippen molar-refractivity contribution in [3.8, 4) is 5.75 Å². The first kappa shape index (κ1) is 28.4. The number of benzene rings is 3. The molecule has 4 rings (SSSR count). The van der Waals surface area contributed by atoms with Crippen LogP contribution in [0.15, 0.2) is 81.9 Å². The third kappa shape index (κ3) is 6.71. The minimum atomic E-state index is -0.806. The van der Waals surface area contributed by atoms with Gasteiger partial charge in [-0.1, -0.05) is 65.3 Å². The Bertz CT molecular complexity index is 1530. The molecule has 1 aliphatic rings. The number of aliphatic hydroxyl groups excluding tert-OH is 1. The van der Waals surface area contributed by atoms with Crippen molar-refractivity contribution in [2.75, 3.05) is 6.61 Å². The lowest BCUT2D eigenvalue weighted by atomic mass is 10.1. The van der Waals surface area contributed by atoms with E-state index in [0.717, 1.165) is 17.3 Å². The molecule has 6 nitrogen and oxygen atoms in total. The van der Waals surface area contributed by atoms with Gasteiger partial charge in [-0.05, 0) is 66.9 Å². The van der Waals surface area contributed by atoms with Crippen molar-refractivity contribution in [3.63, 3.8) is 0 Å². The van der Waals surface area contributed by atoms with Crippen molar-refractivity contribution in [2.45, 2.75) is 20.5 Å². The Hall–Kier alpha value is -3.59. The van der Waals surface area contributed by atoms with Crippen molar-refractivity contribution in [3.05, 3.63) is 115 Å². The molecular weight excluding hydrogens is 564 g/mol. The largest absolute Gasteiger partial charge is 0.506 e. The summed E-state index contributed by atoms with van der Waals surface area (Å²) < 4.78 is 24.3. The van der Waals surface area contributed by atoms with Crippen LogP contribution in [0.3, 0.4) is 0 Å². The molecule has 3 aromatic rings. The molecule has 39 heavy (non-hydrogen) atoms. The highest BCUT2D eigenvalue weighted by Crippen LogP contribution is 2.41. The summed E-state index contributed by atoms with van der Waals surface area (Å²) in [6, 6.07) is 16.0. The van der Waals surface area contributed by atoms with Crippen LogP contribution in [0.2, 0.25) is 10.0 Å². The first-order chi connectivity index (χ1) is 18.7. The van der Waals surface area contributed by atoms with E-state index < -0.39 is 11.9 Å². The third-order valence-electron chi connectivity index (χ3n) is 5.54. The lowest BCUT2D eigenvalue weighted by Crippen LogP contribution is -2.14. The number of aliphatic hydroxyl groups is 1. The summed E-state index contributed by atoms with van der Waals surface area (Å²) in [5.41, 5.74) is 1.98. The molecular formula is C29H22Cl2FNO5S. The van der Waals surface area contributed by atoms with Crippen LogP contribution in [0.4, 0.5) is 4.39 Å². The van der Waals surface area contributed by atoms with Crippen LogP contribution in [-0.2, 0) is 16.1 Å². The molecule has 1 aliphatic heterocycles. The molecule has 0 saturated carbocycles. The summed E-state index contributed by atoms with van der Waals surface area (Å²) >= 11 is 13.8. The molecule has 0 aliphatic carbocycles. The van der Waals surface area contributed by atoms with Crippen LogP contribution in [-0.4, -0.2) is 28.6 Å². The summed E-state index contributed by atoms with van der Waals surface area (Å²) in [6.45, 7) is 3.53. The van der Waals surface area contributed by atoms with E-state index in [2.05, 4.69) is 4.99 Å². The van der Waals surface area contributed by atoms with Crippen LogP contribution in [0, 0.1) is 12.7 Å². The van der Waals surface area contributed by atoms with Gasteiger partial charge in [0.05, 0.1) is 21.6 Å². The van der Waals surface area contributed by atoms with E-state index in [9.17, 15) is 19.1 Å². The first-order valence-corrected chi connectivity index (χ1v) is 13.3. The van der Waals surface area contributed by atoms with E-state index in [1.165, 1.54) is 12.1 Å². The predicted molar refractivity (Wildman–Crippen MR) is 152 cm³/mol. The van der Waals surface area contributed by atoms with E-state index >= 15 is 0 Å². The highest BCUT2D eigenvalue weighted by molar-refractivity contribution is 8.18. The van der Waals surface area contributed by atoms with Gasteiger partial charge in [0.1, 0.15) is 28.8 Å². The first-order valence-electron chi connectivity index (χ1n) is 11.7. The van der Waals surface area contributed by atoms with Crippen molar-refractivity contribution >= 4 is 58.0 Å². The summed E-state index contributed by atoms with van der Waals surface area (Å²) in [7, 11) is 0. The lowest BCUT2D eigenvalue weighted by Gasteiger charge is -2.11. The quantitative estimate of drug-likeness (QED) is 0.286. The molecule has 1 amide bonds. The van der Waals surface area contributed by atoms with Gasteiger partial charge in [0.2, 0.25) is 0 Å². The second kappa shape index (κ2) is 12.5. The van der Waals surface area contributed by atoms with Crippen molar-refractivity contribution in [1.82, 2.24) is 0 Å². The maximum absolute atomic E-state index is 13.5. The number of aryl methyl sites for hydroxylation is 1. The predicted octanol–water partition coefficient (Wildman–Crippen LogP) is 7.72. The van der Waals surface area contributed by atoms with E-state index in [4.69, 9.17) is 32.7 Å². The number of amides is 1. The zero-order valence-corrected chi connectivity index (χ0v) is 23.2. The highest BCUT2D eigenvalue weighted by atomic mass is 35.5. The fourth-order valence-electron chi connectivity index (χ4n) is 3.69. The standard InChI is InChI=1S/C29H22Cl2FNO5S/c1-3-37-29(36)24-25(34)23(39-28(24)33-27(35)20-10-5-4-7-16(20)2)14-18-12-21(30)26(22(31)13-18)38-15-17-8-6-9-19(32)11-17/h4-14,34H,3,15H2,1-2H3/b23-14-,33-28?. The maximum Gasteiger partial charge on any atom is 0.344 e. The molecule has 1 N–H and O–H groups in total. The van der Waals surface area contributed by atoms with Crippen LogP contribution in [0.1, 0.15) is 34.0 Å². The summed E-state index contributed by atoms with van der Waals surface area (Å²) in [5.74, 6) is -1.92. The van der Waals surface area contributed by atoms with Crippen LogP contribution >= 0.6 is 35.0 Å². The van der Waals surface area contributed by atoms with Gasteiger partial charge in [-0.25, -0.2) is 14.2 Å². The van der Waals surface area contributed by atoms with Gasteiger partial charge in [0, 0.05) is 5.56 Å². The molecule has 0 bridgehead atoms. The average molecular weight is 586 g/mol.